The average molecular weight is 289 g/mol. The van der Waals surface area contributed by atoms with E-state index in [0.29, 0.717) is 5.56 Å². The lowest BCUT2D eigenvalue weighted by atomic mass is 9.99. The first-order valence-electron chi connectivity index (χ1n) is 4.61. The first-order valence-corrected chi connectivity index (χ1v) is 5.40. The van der Waals surface area contributed by atoms with E-state index in [1.54, 1.807) is 6.07 Å². The highest BCUT2D eigenvalue weighted by molar-refractivity contribution is 9.10. The Morgan fingerprint density at radius 1 is 1.38 bits per heavy atom. The Kier molecular flexibility index (Phi) is 3.80. The molecule has 0 heterocycles. The molecule has 0 spiro atoms. The number of hydrogen-bond acceptors (Lipinski definition) is 2. The highest BCUT2D eigenvalue weighted by Gasteiger charge is 2.22. The molecule has 0 unspecified atom stereocenters. The van der Waals surface area contributed by atoms with Gasteiger partial charge in [-0.3, -0.25) is 4.79 Å². The van der Waals surface area contributed by atoms with Gasteiger partial charge in [-0.2, -0.15) is 0 Å². The Balaban J connectivity index is 3.38. The molecule has 0 aliphatic heterocycles. The summed E-state index contributed by atoms with van der Waals surface area (Å²) in [7, 11) is 0. The van der Waals surface area contributed by atoms with Crippen molar-refractivity contribution >= 4 is 27.7 Å². The van der Waals surface area contributed by atoms with Crippen molar-refractivity contribution in [1.82, 2.24) is 0 Å². The summed E-state index contributed by atoms with van der Waals surface area (Å²) in [6, 6.07) is 2.82. The first kappa shape index (κ1) is 12.8. The zero-order valence-corrected chi connectivity index (χ0v) is 10.3. The summed E-state index contributed by atoms with van der Waals surface area (Å²) in [5.74, 6) is -3.65. The van der Waals surface area contributed by atoms with Crippen molar-refractivity contribution in [3.05, 3.63) is 33.5 Å². The lowest BCUT2D eigenvalue weighted by molar-refractivity contribution is -0.131. The molecule has 0 fully saturated rings. The number of carboxylic acid groups (broad SMARTS) is 1. The summed E-state index contributed by atoms with van der Waals surface area (Å²) in [4.78, 5) is 21.7. The van der Waals surface area contributed by atoms with E-state index in [0.717, 1.165) is 0 Å². The highest BCUT2D eigenvalue weighted by Crippen LogP contribution is 2.26. The van der Waals surface area contributed by atoms with Crippen LogP contribution in [0.3, 0.4) is 0 Å². The van der Waals surface area contributed by atoms with E-state index in [2.05, 4.69) is 15.9 Å². The van der Waals surface area contributed by atoms with Crippen LogP contribution in [0.2, 0.25) is 0 Å². The number of carbonyl (C=O) groups excluding carboxylic acids is 1. The summed E-state index contributed by atoms with van der Waals surface area (Å²) in [6.45, 7) is 3.74. The van der Waals surface area contributed by atoms with Crippen molar-refractivity contribution in [2.75, 3.05) is 0 Å². The van der Waals surface area contributed by atoms with Gasteiger partial charge in [-0.05, 0) is 39.5 Å². The zero-order chi connectivity index (χ0) is 12.5. The van der Waals surface area contributed by atoms with Gasteiger partial charge in [0.2, 0.25) is 0 Å². The van der Waals surface area contributed by atoms with Crippen molar-refractivity contribution in [2.45, 2.75) is 19.8 Å². The van der Waals surface area contributed by atoms with E-state index >= 15 is 0 Å². The third-order valence-corrected chi connectivity index (χ3v) is 2.73. The Morgan fingerprint density at radius 3 is 2.38 bits per heavy atom. The maximum absolute atomic E-state index is 13.5. The quantitative estimate of drug-likeness (QED) is 0.687. The Hall–Kier alpha value is -1.23. The van der Waals surface area contributed by atoms with Gasteiger partial charge >= 0.3 is 5.97 Å². The van der Waals surface area contributed by atoms with E-state index in [4.69, 9.17) is 5.11 Å². The lowest BCUT2D eigenvalue weighted by Gasteiger charge is -2.09. The highest BCUT2D eigenvalue weighted by atomic mass is 79.9. The van der Waals surface area contributed by atoms with E-state index in [9.17, 15) is 14.0 Å². The maximum atomic E-state index is 13.5. The summed E-state index contributed by atoms with van der Waals surface area (Å²) in [5.41, 5.74) is 0.295. The average Bonchev–Trinajstić information content (AvgIpc) is 2.20. The monoisotopic (exact) mass is 288 g/mol. The molecule has 0 atom stereocenters. The van der Waals surface area contributed by atoms with Gasteiger partial charge in [0.1, 0.15) is 5.82 Å². The minimum atomic E-state index is -1.66. The molecule has 1 aromatic rings. The molecule has 1 N–H and O–H groups in total. The molecule has 1 rings (SSSR count). The van der Waals surface area contributed by atoms with Crippen LogP contribution in [0.4, 0.5) is 4.39 Å². The predicted molar refractivity (Wildman–Crippen MR) is 60.2 cm³/mol. The molecule has 0 radical (unpaired) electrons. The van der Waals surface area contributed by atoms with Gasteiger partial charge in [-0.15, -0.1) is 0 Å². The van der Waals surface area contributed by atoms with Gasteiger partial charge in [0.05, 0.1) is 10.0 Å². The second-order valence-corrected chi connectivity index (χ2v) is 4.51. The molecule has 0 aliphatic carbocycles. The van der Waals surface area contributed by atoms with Crippen LogP contribution in [0.15, 0.2) is 16.6 Å². The molecular weight excluding hydrogens is 279 g/mol. The van der Waals surface area contributed by atoms with E-state index in [1.165, 1.54) is 6.07 Å². The van der Waals surface area contributed by atoms with Crippen LogP contribution >= 0.6 is 15.9 Å². The summed E-state index contributed by atoms with van der Waals surface area (Å²) in [5, 5.41) is 8.55. The molecular formula is C11H10BrFO3. The molecule has 5 heteroatoms. The number of carbonyl (C=O) groups is 2. The van der Waals surface area contributed by atoms with E-state index in [1.807, 2.05) is 13.8 Å². The fourth-order valence-electron chi connectivity index (χ4n) is 1.22. The molecule has 16 heavy (non-hydrogen) atoms. The third-order valence-electron chi connectivity index (χ3n) is 2.16. The van der Waals surface area contributed by atoms with E-state index < -0.39 is 23.1 Å². The van der Waals surface area contributed by atoms with Crippen LogP contribution in [0, 0.1) is 5.82 Å². The smallest absolute Gasteiger partial charge is 0.377 e. The topological polar surface area (TPSA) is 54.4 Å². The molecule has 3 nitrogen and oxygen atoms in total. The van der Waals surface area contributed by atoms with Gasteiger partial charge in [-0.25, -0.2) is 9.18 Å². The number of ketones is 1. The standard InChI is InChI=1S/C11H10BrFO3/c1-5(2)6-3-7(10(14)11(15)16)9(13)8(12)4-6/h3-5H,1-2H3,(H,15,16). The van der Waals surface area contributed by atoms with Crippen LogP contribution in [0.5, 0.6) is 0 Å². The van der Waals surface area contributed by atoms with Crippen molar-refractivity contribution in [3.63, 3.8) is 0 Å². The third kappa shape index (κ3) is 2.47. The Labute approximate surface area is 100 Å². The number of halogens is 2. The van der Waals surface area contributed by atoms with Crippen LogP contribution < -0.4 is 0 Å². The van der Waals surface area contributed by atoms with Gasteiger partial charge in [0.25, 0.3) is 5.78 Å². The first-order chi connectivity index (χ1) is 7.34. The lowest BCUT2D eigenvalue weighted by Crippen LogP contribution is -2.15. The second kappa shape index (κ2) is 4.74. The molecule has 0 bridgehead atoms. The Bertz CT molecular complexity index is 455. The summed E-state index contributed by atoms with van der Waals surface area (Å²) < 4.78 is 13.6. The van der Waals surface area contributed by atoms with Crippen molar-refractivity contribution < 1.29 is 19.1 Å². The number of aliphatic carboxylic acids is 1. The largest absolute Gasteiger partial charge is 0.475 e. The van der Waals surface area contributed by atoms with Gasteiger partial charge in [0, 0.05) is 0 Å². The van der Waals surface area contributed by atoms with Crippen molar-refractivity contribution in [3.8, 4) is 0 Å². The van der Waals surface area contributed by atoms with Gasteiger partial charge in [0.15, 0.2) is 0 Å². The van der Waals surface area contributed by atoms with Gasteiger partial charge in [-0.1, -0.05) is 13.8 Å². The fraction of sp³-hybridized carbons (Fsp3) is 0.273. The van der Waals surface area contributed by atoms with Gasteiger partial charge < -0.3 is 5.11 Å². The zero-order valence-electron chi connectivity index (χ0n) is 8.75. The predicted octanol–water partition coefficient (Wildman–Crippen LogP) is 2.98. The molecule has 1 aromatic carbocycles. The second-order valence-electron chi connectivity index (χ2n) is 3.65. The van der Waals surface area contributed by atoms with E-state index in [-0.39, 0.29) is 10.4 Å². The summed E-state index contributed by atoms with van der Waals surface area (Å²) in [6.07, 6.45) is 0. The van der Waals surface area contributed by atoms with Crippen molar-refractivity contribution in [2.24, 2.45) is 0 Å². The van der Waals surface area contributed by atoms with Crippen LogP contribution in [-0.4, -0.2) is 16.9 Å². The molecule has 0 saturated carbocycles. The van der Waals surface area contributed by atoms with Crippen LogP contribution in [0.25, 0.3) is 0 Å². The van der Waals surface area contributed by atoms with Crippen molar-refractivity contribution in [1.29, 1.82) is 0 Å². The van der Waals surface area contributed by atoms with Crippen LogP contribution in [0.1, 0.15) is 35.7 Å². The molecule has 0 amide bonds. The number of Topliss-reactive ketones (excluding diaryl/α,β-unsaturated/α-hetero) is 1. The molecule has 0 aromatic heterocycles. The van der Waals surface area contributed by atoms with Crippen LogP contribution in [-0.2, 0) is 4.79 Å². The Morgan fingerprint density at radius 2 is 1.94 bits per heavy atom. The number of carboxylic acids is 1. The SMILES string of the molecule is CC(C)c1cc(Br)c(F)c(C(=O)C(=O)O)c1. The summed E-state index contributed by atoms with van der Waals surface area (Å²) >= 11 is 2.96. The number of hydrogen-bond donors (Lipinski definition) is 1. The normalized spacial score (nSPS) is 10.6. The number of benzene rings is 1. The fourth-order valence-corrected chi connectivity index (χ4v) is 1.70. The molecule has 0 aliphatic rings. The maximum Gasteiger partial charge on any atom is 0.377 e. The molecule has 86 valence electrons. The molecule has 0 saturated heterocycles. The minimum absolute atomic E-state index is 0.0808. The number of rotatable bonds is 3. The minimum Gasteiger partial charge on any atom is -0.475 e.